The van der Waals surface area contributed by atoms with Gasteiger partial charge in [-0.25, -0.2) is 13.5 Å². The molecule has 0 aliphatic carbocycles. The molecular weight excluding hydrogens is 264 g/mol. The van der Waals surface area contributed by atoms with Gasteiger partial charge >= 0.3 is 0 Å². The second-order valence-electron chi connectivity index (χ2n) is 4.26. The molecule has 2 heterocycles. The Balaban J connectivity index is 1.77. The minimum absolute atomic E-state index is 0.0968. The minimum atomic E-state index is -2.51. The van der Waals surface area contributed by atoms with Gasteiger partial charge in [0.05, 0.1) is 30.2 Å². The molecule has 0 aliphatic rings. The predicted molar refractivity (Wildman–Crippen MR) is 67.6 cm³/mol. The zero-order valence-electron chi connectivity index (χ0n) is 10.4. The van der Waals surface area contributed by atoms with Gasteiger partial charge < -0.3 is 0 Å². The van der Waals surface area contributed by atoms with Gasteiger partial charge in [0.2, 0.25) is 0 Å². The molecule has 0 unspecified atom stereocenters. The molecule has 3 aromatic rings. The molecule has 0 N–H and O–H groups in total. The maximum Gasteiger partial charge on any atom is 0.266 e. The van der Waals surface area contributed by atoms with Crippen LogP contribution in [0.4, 0.5) is 8.78 Å². The lowest BCUT2D eigenvalue weighted by Crippen LogP contribution is -2.00. The molecule has 5 nitrogen and oxygen atoms in total. The first-order valence-corrected chi connectivity index (χ1v) is 5.99. The van der Waals surface area contributed by atoms with Crippen LogP contribution in [0.25, 0.3) is 5.69 Å². The highest BCUT2D eigenvalue weighted by Gasteiger charge is 2.10. The quantitative estimate of drug-likeness (QED) is 0.734. The van der Waals surface area contributed by atoms with Gasteiger partial charge in [-0.15, -0.1) is 5.10 Å². The van der Waals surface area contributed by atoms with E-state index >= 15 is 0 Å². The summed E-state index contributed by atoms with van der Waals surface area (Å²) in [6.45, 7) is 0.305. The fourth-order valence-electron chi connectivity index (χ4n) is 1.82. The van der Waals surface area contributed by atoms with Crippen molar-refractivity contribution < 1.29 is 8.78 Å². The standard InChI is InChI=1S/C13H11F2N5/c14-13(15)10-6-16-19(7-10)8-11-9-20(18-17-11)12-4-2-1-3-5-12/h1-7,9,13H,8H2. The summed E-state index contributed by atoms with van der Waals surface area (Å²) in [6.07, 6.45) is 1.71. The lowest BCUT2D eigenvalue weighted by Gasteiger charge is -1.98. The molecule has 0 aliphatic heterocycles. The normalized spacial score (nSPS) is 11.2. The van der Waals surface area contributed by atoms with E-state index in [0.29, 0.717) is 12.2 Å². The van der Waals surface area contributed by atoms with Crippen molar-refractivity contribution in [3.8, 4) is 5.69 Å². The first-order valence-electron chi connectivity index (χ1n) is 5.99. The summed E-state index contributed by atoms with van der Waals surface area (Å²) >= 11 is 0. The number of halogens is 2. The Kier molecular flexibility index (Phi) is 3.24. The highest BCUT2D eigenvalue weighted by atomic mass is 19.3. The summed E-state index contributed by atoms with van der Waals surface area (Å²) in [5.41, 5.74) is 1.44. The zero-order chi connectivity index (χ0) is 13.9. The monoisotopic (exact) mass is 275 g/mol. The molecule has 0 atom stereocenters. The van der Waals surface area contributed by atoms with Gasteiger partial charge in [0.1, 0.15) is 5.69 Å². The number of benzene rings is 1. The molecule has 20 heavy (non-hydrogen) atoms. The third-order valence-electron chi connectivity index (χ3n) is 2.79. The Morgan fingerprint density at radius 2 is 1.90 bits per heavy atom. The topological polar surface area (TPSA) is 48.5 Å². The third-order valence-corrected chi connectivity index (χ3v) is 2.79. The van der Waals surface area contributed by atoms with Crippen LogP contribution in [0.3, 0.4) is 0 Å². The highest BCUT2D eigenvalue weighted by Crippen LogP contribution is 2.17. The van der Waals surface area contributed by atoms with Crippen LogP contribution in [-0.2, 0) is 6.54 Å². The largest absolute Gasteiger partial charge is 0.266 e. The molecule has 7 heteroatoms. The van der Waals surface area contributed by atoms with E-state index in [1.807, 2.05) is 30.3 Å². The maximum absolute atomic E-state index is 12.5. The van der Waals surface area contributed by atoms with Gasteiger partial charge in [0.25, 0.3) is 6.43 Å². The maximum atomic E-state index is 12.5. The summed E-state index contributed by atoms with van der Waals surface area (Å²) in [4.78, 5) is 0. The number of nitrogens with zero attached hydrogens (tertiary/aromatic N) is 5. The van der Waals surface area contributed by atoms with Crippen molar-refractivity contribution in [1.29, 1.82) is 0 Å². The lowest BCUT2D eigenvalue weighted by atomic mass is 10.3. The summed E-state index contributed by atoms with van der Waals surface area (Å²) < 4.78 is 28.0. The van der Waals surface area contributed by atoms with E-state index in [4.69, 9.17) is 0 Å². The molecule has 3 rings (SSSR count). The van der Waals surface area contributed by atoms with E-state index in [-0.39, 0.29) is 5.56 Å². The van der Waals surface area contributed by atoms with E-state index < -0.39 is 6.43 Å². The zero-order valence-corrected chi connectivity index (χ0v) is 10.4. The Labute approximate surface area is 113 Å². The first kappa shape index (κ1) is 12.5. The van der Waals surface area contributed by atoms with Crippen LogP contribution in [0.5, 0.6) is 0 Å². The van der Waals surface area contributed by atoms with Crippen LogP contribution in [0.2, 0.25) is 0 Å². The molecule has 0 spiro atoms. The second-order valence-corrected chi connectivity index (χ2v) is 4.26. The first-order chi connectivity index (χ1) is 9.72. The van der Waals surface area contributed by atoms with E-state index in [2.05, 4.69) is 15.4 Å². The summed E-state index contributed by atoms with van der Waals surface area (Å²) in [5.74, 6) is 0. The van der Waals surface area contributed by atoms with Crippen molar-refractivity contribution in [2.45, 2.75) is 13.0 Å². The van der Waals surface area contributed by atoms with Crippen LogP contribution in [0.1, 0.15) is 17.7 Å². The number of para-hydroxylation sites is 1. The van der Waals surface area contributed by atoms with E-state index in [1.165, 1.54) is 10.9 Å². The summed E-state index contributed by atoms with van der Waals surface area (Å²) in [6, 6.07) is 9.53. The molecule has 0 radical (unpaired) electrons. The van der Waals surface area contributed by atoms with Gasteiger partial charge in [-0.05, 0) is 12.1 Å². The smallest absolute Gasteiger partial charge is 0.266 e. The van der Waals surface area contributed by atoms with Gasteiger partial charge in [-0.3, -0.25) is 4.68 Å². The van der Waals surface area contributed by atoms with Crippen molar-refractivity contribution in [3.63, 3.8) is 0 Å². The molecular formula is C13H11F2N5. The SMILES string of the molecule is FC(F)c1cnn(Cc2cn(-c3ccccc3)nn2)c1. The van der Waals surface area contributed by atoms with Crippen molar-refractivity contribution in [2.75, 3.05) is 0 Å². The van der Waals surface area contributed by atoms with Crippen molar-refractivity contribution >= 4 is 0 Å². The van der Waals surface area contributed by atoms with Gasteiger partial charge in [0.15, 0.2) is 0 Å². The van der Waals surface area contributed by atoms with Crippen LogP contribution in [-0.4, -0.2) is 24.8 Å². The van der Waals surface area contributed by atoms with Crippen LogP contribution >= 0.6 is 0 Å². The molecule has 102 valence electrons. The Bertz CT molecular complexity index is 690. The summed E-state index contributed by atoms with van der Waals surface area (Å²) in [5, 5.41) is 11.9. The fourth-order valence-corrected chi connectivity index (χ4v) is 1.82. The molecule has 0 fully saturated rings. The Morgan fingerprint density at radius 3 is 2.60 bits per heavy atom. The van der Waals surface area contributed by atoms with Gasteiger partial charge in [-0.2, -0.15) is 5.10 Å². The molecule has 0 amide bonds. The number of aromatic nitrogens is 5. The lowest BCUT2D eigenvalue weighted by molar-refractivity contribution is 0.151. The molecule has 0 bridgehead atoms. The number of rotatable bonds is 4. The average Bonchev–Trinajstić information content (AvgIpc) is 3.10. The Morgan fingerprint density at radius 1 is 1.10 bits per heavy atom. The van der Waals surface area contributed by atoms with Crippen LogP contribution < -0.4 is 0 Å². The second kappa shape index (κ2) is 5.20. The molecule has 1 aromatic carbocycles. The number of hydrogen-bond acceptors (Lipinski definition) is 3. The van der Waals surface area contributed by atoms with Crippen molar-refractivity contribution in [2.24, 2.45) is 0 Å². The van der Waals surface area contributed by atoms with E-state index in [9.17, 15) is 8.78 Å². The molecule has 0 saturated carbocycles. The predicted octanol–water partition coefficient (Wildman–Crippen LogP) is 2.45. The van der Waals surface area contributed by atoms with E-state index in [0.717, 1.165) is 11.9 Å². The van der Waals surface area contributed by atoms with E-state index in [1.54, 1.807) is 10.9 Å². The van der Waals surface area contributed by atoms with Gasteiger partial charge in [-0.1, -0.05) is 23.4 Å². The van der Waals surface area contributed by atoms with Crippen LogP contribution in [0.15, 0.2) is 48.9 Å². The highest BCUT2D eigenvalue weighted by molar-refractivity contribution is 5.29. The van der Waals surface area contributed by atoms with Crippen LogP contribution in [0, 0.1) is 0 Å². The third kappa shape index (κ3) is 2.56. The van der Waals surface area contributed by atoms with Crippen molar-refractivity contribution in [1.82, 2.24) is 24.8 Å². The summed E-state index contributed by atoms with van der Waals surface area (Å²) in [7, 11) is 0. The fraction of sp³-hybridized carbons (Fsp3) is 0.154. The number of hydrogen-bond donors (Lipinski definition) is 0. The average molecular weight is 275 g/mol. The minimum Gasteiger partial charge on any atom is -0.266 e. The Hall–Kier alpha value is -2.57. The van der Waals surface area contributed by atoms with Gasteiger partial charge in [0, 0.05) is 6.20 Å². The number of alkyl halides is 2. The molecule has 2 aromatic heterocycles. The molecule has 0 saturated heterocycles. The van der Waals surface area contributed by atoms with Crippen molar-refractivity contribution in [3.05, 3.63) is 60.2 Å².